The Hall–Kier alpha value is -1.11. The van der Waals surface area contributed by atoms with Crippen LogP contribution in [0.25, 0.3) is 0 Å². The minimum Gasteiger partial charge on any atom is -0.478 e. The summed E-state index contributed by atoms with van der Waals surface area (Å²) in [7, 11) is -2.17. The highest BCUT2D eigenvalue weighted by atomic mass is 35.5. The summed E-state index contributed by atoms with van der Waals surface area (Å²) in [5.74, 6) is -1.19. The zero-order valence-corrected chi connectivity index (χ0v) is 12.5. The molecule has 0 heterocycles. The van der Waals surface area contributed by atoms with Gasteiger partial charge >= 0.3 is 5.97 Å². The first kappa shape index (κ1) is 15.9. The van der Waals surface area contributed by atoms with E-state index in [1.165, 1.54) is 29.6 Å². The molecule has 0 saturated carbocycles. The van der Waals surface area contributed by atoms with Crippen LogP contribution in [-0.2, 0) is 10.0 Å². The number of nitrogens with zero attached hydrogens (tertiary/aromatic N) is 1. The van der Waals surface area contributed by atoms with Gasteiger partial charge in [-0.25, -0.2) is 13.2 Å². The van der Waals surface area contributed by atoms with Crippen LogP contribution < -0.4 is 0 Å². The van der Waals surface area contributed by atoms with E-state index in [0.717, 1.165) is 0 Å². The molecule has 0 aliphatic heterocycles. The fraction of sp³-hybridized carbons (Fsp3) is 0.417. The first-order valence-electron chi connectivity index (χ1n) is 5.72. The van der Waals surface area contributed by atoms with Crippen molar-refractivity contribution in [3.63, 3.8) is 0 Å². The van der Waals surface area contributed by atoms with Gasteiger partial charge in [0.15, 0.2) is 0 Å². The number of hydrogen-bond acceptors (Lipinski definition) is 3. The van der Waals surface area contributed by atoms with E-state index in [1.54, 1.807) is 6.92 Å². The first-order valence-corrected chi connectivity index (χ1v) is 7.54. The van der Waals surface area contributed by atoms with E-state index in [9.17, 15) is 13.2 Å². The number of carboxylic acids is 1. The molecule has 0 amide bonds. The average molecular weight is 306 g/mol. The Bertz CT molecular complexity index is 585. The topological polar surface area (TPSA) is 74.7 Å². The SMILES string of the molecule is CCC(C)N(C)S(=O)(=O)c1ccc(C(=O)O)c(Cl)c1. The molecule has 19 heavy (non-hydrogen) atoms. The van der Waals surface area contributed by atoms with Crippen molar-refractivity contribution in [3.05, 3.63) is 28.8 Å². The normalized spacial score (nSPS) is 13.5. The molecule has 0 saturated heterocycles. The van der Waals surface area contributed by atoms with Crippen molar-refractivity contribution >= 4 is 27.6 Å². The van der Waals surface area contributed by atoms with Gasteiger partial charge in [0.2, 0.25) is 10.0 Å². The maximum atomic E-state index is 12.3. The highest BCUT2D eigenvalue weighted by molar-refractivity contribution is 7.89. The molecule has 1 atom stereocenters. The summed E-state index contributed by atoms with van der Waals surface area (Å²) in [6, 6.07) is 3.47. The zero-order chi connectivity index (χ0) is 14.8. The second-order valence-corrected chi connectivity index (χ2v) is 6.63. The van der Waals surface area contributed by atoms with Gasteiger partial charge in [-0.3, -0.25) is 0 Å². The quantitative estimate of drug-likeness (QED) is 0.906. The van der Waals surface area contributed by atoms with Crippen LogP contribution in [0.2, 0.25) is 5.02 Å². The number of aromatic carboxylic acids is 1. The Kier molecular flexibility index (Phi) is 4.95. The molecule has 1 rings (SSSR count). The molecule has 7 heteroatoms. The number of carboxylic acid groups (broad SMARTS) is 1. The van der Waals surface area contributed by atoms with E-state index in [4.69, 9.17) is 16.7 Å². The molecule has 0 aromatic heterocycles. The standard InChI is InChI=1S/C12H16ClNO4S/c1-4-8(2)14(3)19(17,18)9-5-6-10(12(15)16)11(13)7-9/h5-8H,4H2,1-3H3,(H,15,16). The van der Waals surface area contributed by atoms with Crippen LogP contribution in [0.15, 0.2) is 23.1 Å². The summed E-state index contributed by atoms with van der Waals surface area (Å²) < 4.78 is 25.8. The first-order chi connectivity index (χ1) is 8.71. The predicted molar refractivity (Wildman–Crippen MR) is 73.1 cm³/mol. The molecule has 0 spiro atoms. The van der Waals surface area contributed by atoms with E-state index < -0.39 is 16.0 Å². The molecular weight excluding hydrogens is 290 g/mol. The van der Waals surface area contributed by atoms with Crippen LogP contribution in [0.4, 0.5) is 0 Å². The molecular formula is C12H16ClNO4S. The van der Waals surface area contributed by atoms with Crippen molar-refractivity contribution in [1.82, 2.24) is 4.31 Å². The summed E-state index contributed by atoms with van der Waals surface area (Å²) in [6.07, 6.45) is 0.677. The number of halogens is 1. The van der Waals surface area contributed by atoms with Crippen molar-refractivity contribution in [3.8, 4) is 0 Å². The van der Waals surface area contributed by atoms with Crippen LogP contribution in [0.3, 0.4) is 0 Å². The molecule has 0 radical (unpaired) electrons. The Morgan fingerprint density at radius 2 is 2.05 bits per heavy atom. The van der Waals surface area contributed by atoms with Gasteiger partial charge in [-0.05, 0) is 31.5 Å². The molecule has 1 aromatic rings. The summed E-state index contributed by atoms with van der Waals surface area (Å²) in [4.78, 5) is 10.8. The molecule has 0 fully saturated rings. The van der Waals surface area contributed by atoms with E-state index >= 15 is 0 Å². The Morgan fingerprint density at radius 1 is 1.47 bits per heavy atom. The lowest BCUT2D eigenvalue weighted by atomic mass is 10.2. The van der Waals surface area contributed by atoms with Crippen molar-refractivity contribution in [2.75, 3.05) is 7.05 Å². The van der Waals surface area contributed by atoms with E-state index in [0.29, 0.717) is 6.42 Å². The third-order valence-electron chi connectivity index (χ3n) is 3.06. The molecule has 106 valence electrons. The van der Waals surface area contributed by atoms with Gasteiger partial charge in [0.05, 0.1) is 15.5 Å². The van der Waals surface area contributed by atoms with Crippen molar-refractivity contribution in [2.24, 2.45) is 0 Å². The Morgan fingerprint density at radius 3 is 2.47 bits per heavy atom. The lowest BCUT2D eigenvalue weighted by Crippen LogP contribution is -2.34. The Labute approximate surface area is 117 Å². The molecule has 0 aliphatic rings. The highest BCUT2D eigenvalue weighted by Gasteiger charge is 2.25. The minimum atomic E-state index is -3.66. The summed E-state index contributed by atoms with van der Waals surface area (Å²) in [5.41, 5.74) is -0.119. The van der Waals surface area contributed by atoms with Crippen LogP contribution in [0, 0.1) is 0 Å². The lowest BCUT2D eigenvalue weighted by Gasteiger charge is -2.23. The van der Waals surface area contributed by atoms with Crippen LogP contribution in [0.1, 0.15) is 30.6 Å². The summed E-state index contributed by atoms with van der Waals surface area (Å²) in [6.45, 7) is 3.68. The third-order valence-corrected chi connectivity index (χ3v) is 5.34. The van der Waals surface area contributed by atoms with Gasteiger partial charge < -0.3 is 5.11 Å². The number of rotatable bonds is 5. The smallest absolute Gasteiger partial charge is 0.337 e. The maximum Gasteiger partial charge on any atom is 0.337 e. The van der Waals surface area contributed by atoms with E-state index in [1.807, 2.05) is 6.92 Å². The van der Waals surface area contributed by atoms with Gasteiger partial charge in [-0.2, -0.15) is 4.31 Å². The maximum absolute atomic E-state index is 12.3. The Balaban J connectivity index is 3.24. The van der Waals surface area contributed by atoms with Crippen molar-refractivity contribution in [2.45, 2.75) is 31.2 Å². The van der Waals surface area contributed by atoms with Gasteiger partial charge in [0.25, 0.3) is 0 Å². The predicted octanol–water partition coefficient (Wildman–Crippen LogP) is 2.46. The number of carbonyl (C=O) groups is 1. The fourth-order valence-corrected chi connectivity index (χ4v) is 3.28. The van der Waals surface area contributed by atoms with Crippen LogP contribution in [0.5, 0.6) is 0 Å². The second-order valence-electron chi connectivity index (χ2n) is 4.23. The number of benzene rings is 1. The average Bonchev–Trinajstić information content (AvgIpc) is 2.36. The van der Waals surface area contributed by atoms with Crippen molar-refractivity contribution < 1.29 is 18.3 Å². The van der Waals surface area contributed by atoms with E-state index in [2.05, 4.69) is 0 Å². The van der Waals surface area contributed by atoms with Gasteiger partial charge in [0.1, 0.15) is 0 Å². The molecule has 5 nitrogen and oxygen atoms in total. The monoisotopic (exact) mass is 305 g/mol. The number of sulfonamides is 1. The minimum absolute atomic E-state index is 0.00898. The number of hydrogen-bond donors (Lipinski definition) is 1. The molecule has 0 bridgehead atoms. The van der Waals surface area contributed by atoms with Crippen LogP contribution in [-0.4, -0.2) is 36.9 Å². The molecule has 1 aromatic carbocycles. The molecule has 0 aliphatic carbocycles. The highest BCUT2D eigenvalue weighted by Crippen LogP contribution is 2.24. The zero-order valence-electron chi connectivity index (χ0n) is 10.9. The lowest BCUT2D eigenvalue weighted by molar-refractivity contribution is 0.0697. The van der Waals surface area contributed by atoms with Gasteiger partial charge in [0, 0.05) is 13.1 Å². The van der Waals surface area contributed by atoms with Crippen molar-refractivity contribution in [1.29, 1.82) is 0 Å². The second kappa shape index (κ2) is 5.90. The largest absolute Gasteiger partial charge is 0.478 e. The van der Waals surface area contributed by atoms with Gasteiger partial charge in [-0.1, -0.05) is 18.5 Å². The molecule has 1 N–H and O–H groups in total. The summed E-state index contributed by atoms with van der Waals surface area (Å²) in [5, 5.41) is 8.76. The van der Waals surface area contributed by atoms with Gasteiger partial charge in [-0.15, -0.1) is 0 Å². The summed E-state index contributed by atoms with van der Waals surface area (Å²) >= 11 is 5.78. The van der Waals surface area contributed by atoms with Crippen LogP contribution >= 0.6 is 11.6 Å². The third kappa shape index (κ3) is 3.26. The molecule has 1 unspecified atom stereocenters. The fourth-order valence-electron chi connectivity index (χ4n) is 1.49. The van der Waals surface area contributed by atoms with E-state index in [-0.39, 0.29) is 21.5 Å².